The first-order valence-electron chi connectivity index (χ1n) is 7.19. The molecule has 0 unspecified atom stereocenters. The Morgan fingerprint density at radius 2 is 2.11 bits per heavy atom. The molecule has 0 spiro atoms. The van der Waals surface area contributed by atoms with Gasteiger partial charge in [0.15, 0.2) is 5.82 Å². The number of carbonyl (C=O) groups excluding carboxylic acids is 1. The van der Waals surface area contributed by atoms with Crippen molar-refractivity contribution in [1.29, 1.82) is 0 Å². The molecule has 0 bridgehead atoms. The summed E-state index contributed by atoms with van der Waals surface area (Å²) in [7, 11) is 0. The van der Waals surface area contributed by atoms with Crippen LogP contribution in [0.5, 0.6) is 0 Å². The largest absolute Gasteiger partial charge is 0.465 e. The highest BCUT2D eigenvalue weighted by Crippen LogP contribution is 2.40. The molecule has 0 amide bonds. The van der Waals surface area contributed by atoms with E-state index in [0.717, 1.165) is 31.5 Å². The third-order valence-electron chi connectivity index (χ3n) is 3.93. The van der Waals surface area contributed by atoms with Crippen molar-refractivity contribution in [2.45, 2.75) is 64.3 Å². The quantitative estimate of drug-likeness (QED) is 0.785. The molecule has 1 aromatic rings. The molecule has 0 aromatic carbocycles. The van der Waals surface area contributed by atoms with E-state index in [0.29, 0.717) is 6.61 Å². The van der Waals surface area contributed by atoms with E-state index in [9.17, 15) is 4.79 Å². The molecule has 1 fully saturated rings. The fourth-order valence-corrected chi connectivity index (χ4v) is 2.91. The predicted octanol–water partition coefficient (Wildman–Crippen LogP) is 2.62. The molecule has 1 heterocycles. The lowest BCUT2D eigenvalue weighted by atomic mass is 9.73. The van der Waals surface area contributed by atoms with Gasteiger partial charge in [-0.2, -0.15) is 0 Å². The Morgan fingerprint density at radius 1 is 1.42 bits per heavy atom. The lowest BCUT2D eigenvalue weighted by Crippen LogP contribution is -2.42. The summed E-state index contributed by atoms with van der Waals surface area (Å²) in [5.74, 6) is 0.644. The Balaban J connectivity index is 2.42. The number of hydrogen-bond donors (Lipinski definition) is 0. The van der Waals surface area contributed by atoms with Crippen LogP contribution < -0.4 is 0 Å². The van der Waals surface area contributed by atoms with Gasteiger partial charge in [-0.25, -0.2) is 0 Å². The zero-order valence-electron chi connectivity index (χ0n) is 12.1. The van der Waals surface area contributed by atoms with Crippen LogP contribution in [-0.2, 0) is 14.9 Å². The van der Waals surface area contributed by atoms with Crippen LogP contribution >= 0.6 is 0 Å². The van der Waals surface area contributed by atoms with Crippen LogP contribution in [0.25, 0.3) is 0 Å². The number of aromatic nitrogens is 3. The van der Waals surface area contributed by atoms with Gasteiger partial charge in [0.2, 0.25) is 0 Å². The lowest BCUT2D eigenvalue weighted by molar-refractivity contribution is -0.152. The maximum absolute atomic E-state index is 12.5. The molecule has 0 N–H and O–H groups in total. The Bertz CT molecular complexity index is 434. The van der Waals surface area contributed by atoms with E-state index < -0.39 is 5.41 Å². The summed E-state index contributed by atoms with van der Waals surface area (Å²) in [6.07, 6.45) is 6.62. The predicted molar refractivity (Wildman–Crippen MR) is 71.8 cm³/mol. The molecule has 0 saturated heterocycles. The number of hydrogen-bond acceptors (Lipinski definition) is 4. The second kappa shape index (κ2) is 5.72. The van der Waals surface area contributed by atoms with Gasteiger partial charge in [0, 0.05) is 6.04 Å². The van der Waals surface area contributed by atoms with Gasteiger partial charge in [0.05, 0.1) is 6.61 Å². The standard InChI is InChI=1S/C14H23N3O2/c1-4-19-13(18)14(8-6-5-7-9-14)12-16-15-10-17(12)11(2)3/h10-11H,4-9H2,1-3H3. The van der Waals surface area contributed by atoms with Gasteiger partial charge in [0.25, 0.3) is 0 Å². The number of ether oxygens (including phenoxy) is 1. The SMILES string of the molecule is CCOC(=O)C1(c2nncn2C(C)C)CCCCC1. The van der Waals surface area contributed by atoms with Gasteiger partial charge >= 0.3 is 5.97 Å². The summed E-state index contributed by atoms with van der Waals surface area (Å²) in [5.41, 5.74) is -0.588. The van der Waals surface area contributed by atoms with E-state index in [-0.39, 0.29) is 12.0 Å². The number of esters is 1. The highest BCUT2D eigenvalue weighted by molar-refractivity contribution is 5.82. The van der Waals surface area contributed by atoms with Crippen molar-refractivity contribution in [3.8, 4) is 0 Å². The van der Waals surface area contributed by atoms with E-state index in [1.807, 2.05) is 11.5 Å². The van der Waals surface area contributed by atoms with Gasteiger partial charge in [0.1, 0.15) is 11.7 Å². The number of carbonyl (C=O) groups is 1. The van der Waals surface area contributed by atoms with Crippen molar-refractivity contribution in [2.24, 2.45) is 0 Å². The monoisotopic (exact) mass is 265 g/mol. The van der Waals surface area contributed by atoms with E-state index in [4.69, 9.17) is 4.74 Å². The van der Waals surface area contributed by atoms with Crippen LogP contribution in [-0.4, -0.2) is 27.3 Å². The second-order valence-electron chi connectivity index (χ2n) is 5.52. The van der Waals surface area contributed by atoms with Crippen molar-refractivity contribution in [2.75, 3.05) is 6.61 Å². The van der Waals surface area contributed by atoms with E-state index in [1.54, 1.807) is 6.33 Å². The normalized spacial score (nSPS) is 18.5. The van der Waals surface area contributed by atoms with Gasteiger partial charge in [-0.3, -0.25) is 4.79 Å². The first-order chi connectivity index (χ1) is 9.12. The van der Waals surface area contributed by atoms with Crippen molar-refractivity contribution in [3.05, 3.63) is 12.2 Å². The molecule has 5 heteroatoms. The van der Waals surface area contributed by atoms with Crippen LogP contribution in [0.4, 0.5) is 0 Å². The first-order valence-corrected chi connectivity index (χ1v) is 7.19. The first kappa shape index (κ1) is 14.0. The number of rotatable bonds is 4. The molecular formula is C14H23N3O2. The zero-order chi connectivity index (χ0) is 13.9. The number of nitrogens with zero attached hydrogens (tertiary/aromatic N) is 3. The smallest absolute Gasteiger partial charge is 0.319 e. The fraction of sp³-hybridized carbons (Fsp3) is 0.786. The van der Waals surface area contributed by atoms with Gasteiger partial charge in [-0.1, -0.05) is 19.3 Å². The van der Waals surface area contributed by atoms with Gasteiger partial charge < -0.3 is 9.30 Å². The van der Waals surface area contributed by atoms with Crippen molar-refractivity contribution < 1.29 is 9.53 Å². The van der Waals surface area contributed by atoms with E-state index >= 15 is 0 Å². The summed E-state index contributed by atoms with van der Waals surface area (Å²) in [5, 5.41) is 8.26. The summed E-state index contributed by atoms with van der Waals surface area (Å²) >= 11 is 0. The molecular weight excluding hydrogens is 242 g/mol. The molecule has 106 valence electrons. The molecule has 2 rings (SSSR count). The Hall–Kier alpha value is -1.39. The lowest BCUT2D eigenvalue weighted by Gasteiger charge is -2.34. The molecule has 5 nitrogen and oxygen atoms in total. The third-order valence-corrected chi connectivity index (χ3v) is 3.93. The van der Waals surface area contributed by atoms with Crippen LogP contribution in [0.3, 0.4) is 0 Å². The molecule has 0 aliphatic heterocycles. The molecule has 19 heavy (non-hydrogen) atoms. The van der Waals surface area contributed by atoms with E-state index in [2.05, 4.69) is 24.0 Å². The van der Waals surface area contributed by atoms with Crippen LogP contribution in [0.1, 0.15) is 64.7 Å². The minimum atomic E-state index is -0.588. The minimum absolute atomic E-state index is 0.135. The molecule has 1 aliphatic rings. The van der Waals surface area contributed by atoms with Crippen LogP contribution in [0.2, 0.25) is 0 Å². The topological polar surface area (TPSA) is 57.0 Å². The highest BCUT2D eigenvalue weighted by Gasteiger charge is 2.46. The molecule has 1 saturated carbocycles. The van der Waals surface area contributed by atoms with Crippen molar-refractivity contribution in [3.63, 3.8) is 0 Å². The second-order valence-corrected chi connectivity index (χ2v) is 5.52. The Labute approximate surface area is 114 Å². The summed E-state index contributed by atoms with van der Waals surface area (Å²) < 4.78 is 7.33. The van der Waals surface area contributed by atoms with Crippen LogP contribution in [0, 0.1) is 0 Å². The maximum Gasteiger partial charge on any atom is 0.319 e. The minimum Gasteiger partial charge on any atom is -0.465 e. The zero-order valence-corrected chi connectivity index (χ0v) is 12.1. The van der Waals surface area contributed by atoms with Gasteiger partial charge in [-0.15, -0.1) is 10.2 Å². The Kier molecular flexibility index (Phi) is 4.22. The van der Waals surface area contributed by atoms with E-state index in [1.165, 1.54) is 6.42 Å². The maximum atomic E-state index is 12.5. The molecule has 1 aliphatic carbocycles. The molecule has 0 atom stereocenters. The van der Waals surface area contributed by atoms with Crippen molar-refractivity contribution >= 4 is 5.97 Å². The Morgan fingerprint density at radius 3 is 2.68 bits per heavy atom. The molecule has 1 aromatic heterocycles. The average Bonchev–Trinajstić information content (AvgIpc) is 2.89. The summed E-state index contributed by atoms with van der Waals surface area (Å²) in [6.45, 7) is 6.42. The third kappa shape index (κ3) is 2.51. The van der Waals surface area contributed by atoms with Crippen LogP contribution in [0.15, 0.2) is 6.33 Å². The fourth-order valence-electron chi connectivity index (χ4n) is 2.91. The molecule has 0 radical (unpaired) electrons. The van der Waals surface area contributed by atoms with Crippen molar-refractivity contribution in [1.82, 2.24) is 14.8 Å². The van der Waals surface area contributed by atoms with Gasteiger partial charge in [-0.05, 0) is 33.6 Å². The summed E-state index contributed by atoms with van der Waals surface area (Å²) in [4.78, 5) is 12.5. The highest BCUT2D eigenvalue weighted by atomic mass is 16.5. The summed E-state index contributed by atoms with van der Waals surface area (Å²) in [6, 6.07) is 0.248. The average molecular weight is 265 g/mol.